The quantitative estimate of drug-likeness (QED) is 0.794. The van der Waals surface area contributed by atoms with Crippen LogP contribution in [0.4, 0.5) is 10.1 Å². The van der Waals surface area contributed by atoms with Gasteiger partial charge in [-0.15, -0.1) is 0 Å². The number of aryl methyl sites for hydroxylation is 1. The topological polar surface area (TPSA) is 23.6 Å². The highest BCUT2D eigenvalue weighted by Crippen LogP contribution is 2.23. The molecule has 1 fully saturated rings. The van der Waals surface area contributed by atoms with E-state index in [2.05, 4.69) is 39.9 Å². The van der Waals surface area contributed by atoms with Crippen molar-refractivity contribution in [2.45, 2.75) is 6.92 Å². The first-order valence-electron chi connectivity index (χ1n) is 7.61. The maximum Gasteiger partial charge on any atom is 0.255 e. The van der Waals surface area contributed by atoms with Crippen LogP contribution in [-0.2, 0) is 0 Å². The highest BCUT2D eigenvalue weighted by molar-refractivity contribution is 9.10. The molecule has 0 aromatic heterocycles. The SMILES string of the molecule is Cc1ccccc1N1CCN(C(=O)c2ccc(F)cc2Br)CC1. The molecule has 0 atom stereocenters. The molecular formula is C18H18BrFN2O. The Bertz CT molecular complexity index is 727. The molecule has 1 aliphatic rings. The molecule has 120 valence electrons. The van der Waals surface area contributed by atoms with Crippen molar-refractivity contribution in [3.63, 3.8) is 0 Å². The van der Waals surface area contributed by atoms with Crippen LogP contribution in [0.2, 0.25) is 0 Å². The molecule has 5 heteroatoms. The summed E-state index contributed by atoms with van der Waals surface area (Å²) in [5.74, 6) is -0.404. The van der Waals surface area contributed by atoms with Gasteiger partial charge in [0.1, 0.15) is 5.82 Å². The van der Waals surface area contributed by atoms with Crippen molar-refractivity contribution in [3.05, 3.63) is 63.9 Å². The Morgan fingerprint density at radius 1 is 1.09 bits per heavy atom. The van der Waals surface area contributed by atoms with Crippen LogP contribution in [0.25, 0.3) is 0 Å². The number of hydrogen-bond acceptors (Lipinski definition) is 2. The van der Waals surface area contributed by atoms with Crippen LogP contribution in [-0.4, -0.2) is 37.0 Å². The van der Waals surface area contributed by atoms with Gasteiger partial charge in [-0.3, -0.25) is 4.79 Å². The van der Waals surface area contributed by atoms with E-state index in [1.807, 2.05) is 17.0 Å². The first-order valence-corrected chi connectivity index (χ1v) is 8.40. The summed E-state index contributed by atoms with van der Waals surface area (Å²) in [6.07, 6.45) is 0. The first kappa shape index (κ1) is 16.0. The van der Waals surface area contributed by atoms with E-state index in [4.69, 9.17) is 0 Å². The van der Waals surface area contributed by atoms with Crippen LogP contribution >= 0.6 is 15.9 Å². The van der Waals surface area contributed by atoms with Crippen molar-refractivity contribution in [2.75, 3.05) is 31.1 Å². The fourth-order valence-electron chi connectivity index (χ4n) is 2.90. The molecule has 0 aliphatic carbocycles. The number of anilines is 1. The zero-order valence-electron chi connectivity index (χ0n) is 12.9. The van der Waals surface area contributed by atoms with Gasteiger partial charge >= 0.3 is 0 Å². The smallest absolute Gasteiger partial charge is 0.255 e. The lowest BCUT2D eigenvalue weighted by Crippen LogP contribution is -2.49. The van der Waals surface area contributed by atoms with Gasteiger partial charge in [-0.2, -0.15) is 0 Å². The van der Waals surface area contributed by atoms with Crippen molar-refractivity contribution in [1.82, 2.24) is 4.90 Å². The first-order chi connectivity index (χ1) is 11.1. The van der Waals surface area contributed by atoms with E-state index in [0.29, 0.717) is 23.1 Å². The molecule has 2 aromatic rings. The van der Waals surface area contributed by atoms with E-state index in [1.165, 1.54) is 29.4 Å². The Kier molecular flexibility index (Phi) is 4.66. The van der Waals surface area contributed by atoms with Crippen LogP contribution in [0.15, 0.2) is 46.9 Å². The summed E-state index contributed by atoms with van der Waals surface area (Å²) in [6, 6.07) is 12.5. The molecule has 0 unspecified atom stereocenters. The van der Waals surface area contributed by atoms with Crippen molar-refractivity contribution in [3.8, 4) is 0 Å². The lowest BCUT2D eigenvalue weighted by atomic mass is 10.1. The number of hydrogen-bond donors (Lipinski definition) is 0. The second kappa shape index (κ2) is 6.71. The predicted octanol–water partition coefficient (Wildman–Crippen LogP) is 3.86. The summed E-state index contributed by atoms with van der Waals surface area (Å²) in [5.41, 5.74) is 2.98. The molecule has 0 saturated carbocycles. The lowest BCUT2D eigenvalue weighted by Gasteiger charge is -2.37. The van der Waals surface area contributed by atoms with E-state index < -0.39 is 0 Å². The summed E-state index contributed by atoms with van der Waals surface area (Å²) >= 11 is 3.27. The second-order valence-electron chi connectivity index (χ2n) is 5.69. The summed E-state index contributed by atoms with van der Waals surface area (Å²) in [7, 11) is 0. The predicted molar refractivity (Wildman–Crippen MR) is 93.4 cm³/mol. The van der Waals surface area contributed by atoms with E-state index in [1.54, 1.807) is 0 Å². The number of carbonyl (C=O) groups excluding carboxylic acids is 1. The zero-order valence-corrected chi connectivity index (χ0v) is 14.5. The van der Waals surface area contributed by atoms with Crippen LogP contribution in [0.3, 0.4) is 0 Å². The molecule has 23 heavy (non-hydrogen) atoms. The molecule has 1 amide bonds. The fourth-order valence-corrected chi connectivity index (χ4v) is 3.42. The van der Waals surface area contributed by atoms with E-state index in [-0.39, 0.29) is 11.7 Å². The third kappa shape index (κ3) is 3.39. The number of para-hydroxylation sites is 1. The van der Waals surface area contributed by atoms with Crippen molar-refractivity contribution < 1.29 is 9.18 Å². The van der Waals surface area contributed by atoms with Gasteiger partial charge in [0.05, 0.1) is 5.56 Å². The summed E-state index contributed by atoms with van der Waals surface area (Å²) in [4.78, 5) is 16.7. The lowest BCUT2D eigenvalue weighted by molar-refractivity contribution is 0.0746. The third-order valence-corrected chi connectivity index (χ3v) is 4.84. The minimum absolute atomic E-state index is 0.0543. The number of amides is 1. The number of nitrogens with zero attached hydrogens (tertiary/aromatic N) is 2. The van der Waals surface area contributed by atoms with Crippen LogP contribution < -0.4 is 4.90 Å². The average Bonchev–Trinajstić information content (AvgIpc) is 2.55. The molecule has 2 aromatic carbocycles. The van der Waals surface area contributed by atoms with Crippen LogP contribution in [0.5, 0.6) is 0 Å². The summed E-state index contributed by atoms with van der Waals surface area (Å²) < 4.78 is 13.7. The van der Waals surface area contributed by atoms with Gasteiger partial charge in [-0.25, -0.2) is 4.39 Å². The highest BCUT2D eigenvalue weighted by atomic mass is 79.9. The van der Waals surface area contributed by atoms with Gasteiger partial charge in [-0.1, -0.05) is 18.2 Å². The van der Waals surface area contributed by atoms with Gasteiger partial charge in [0.25, 0.3) is 5.91 Å². The van der Waals surface area contributed by atoms with Crippen molar-refractivity contribution in [2.24, 2.45) is 0 Å². The molecule has 0 bridgehead atoms. The van der Waals surface area contributed by atoms with Crippen LogP contribution in [0.1, 0.15) is 15.9 Å². The Labute approximate surface area is 143 Å². The summed E-state index contributed by atoms with van der Waals surface area (Å²) in [6.45, 7) is 5.03. The van der Waals surface area contributed by atoms with E-state index in [0.717, 1.165) is 13.1 Å². The molecule has 1 saturated heterocycles. The normalized spacial score (nSPS) is 14.9. The Hall–Kier alpha value is -1.88. The maximum atomic E-state index is 13.2. The van der Waals surface area contributed by atoms with Crippen molar-refractivity contribution in [1.29, 1.82) is 0 Å². The minimum Gasteiger partial charge on any atom is -0.368 e. The van der Waals surface area contributed by atoms with E-state index >= 15 is 0 Å². The molecule has 3 nitrogen and oxygen atoms in total. The molecule has 3 rings (SSSR count). The highest BCUT2D eigenvalue weighted by Gasteiger charge is 2.24. The number of benzene rings is 2. The molecule has 0 radical (unpaired) electrons. The van der Waals surface area contributed by atoms with Crippen molar-refractivity contribution >= 4 is 27.5 Å². The molecule has 1 aliphatic heterocycles. The maximum absolute atomic E-state index is 13.2. The zero-order chi connectivity index (χ0) is 16.4. The number of halogens is 2. The van der Waals surface area contributed by atoms with Gasteiger partial charge in [0.15, 0.2) is 0 Å². The fraction of sp³-hybridized carbons (Fsp3) is 0.278. The monoisotopic (exact) mass is 376 g/mol. The Balaban J connectivity index is 1.69. The van der Waals surface area contributed by atoms with Gasteiger partial charge in [0.2, 0.25) is 0 Å². The Morgan fingerprint density at radius 2 is 1.78 bits per heavy atom. The molecule has 0 spiro atoms. The number of carbonyl (C=O) groups is 1. The number of rotatable bonds is 2. The Morgan fingerprint density at radius 3 is 2.43 bits per heavy atom. The van der Waals surface area contributed by atoms with Gasteiger partial charge in [-0.05, 0) is 52.7 Å². The number of piperazine rings is 1. The van der Waals surface area contributed by atoms with E-state index in [9.17, 15) is 9.18 Å². The second-order valence-corrected chi connectivity index (χ2v) is 6.54. The standard InChI is InChI=1S/C18H18BrFN2O/c1-13-4-2-3-5-17(13)21-8-10-22(11-9-21)18(23)15-7-6-14(20)12-16(15)19/h2-7,12H,8-11H2,1H3. The van der Waals surface area contributed by atoms with Crippen LogP contribution in [0, 0.1) is 12.7 Å². The third-order valence-electron chi connectivity index (χ3n) is 4.18. The average molecular weight is 377 g/mol. The molecule has 0 N–H and O–H groups in total. The summed E-state index contributed by atoms with van der Waals surface area (Å²) in [5, 5.41) is 0. The largest absolute Gasteiger partial charge is 0.368 e. The molecular weight excluding hydrogens is 359 g/mol. The minimum atomic E-state index is -0.349. The molecule has 1 heterocycles. The van der Waals surface area contributed by atoms with Gasteiger partial charge in [0, 0.05) is 36.3 Å². The van der Waals surface area contributed by atoms with Gasteiger partial charge < -0.3 is 9.80 Å².